The number of hydrogen-bond acceptors (Lipinski definition) is 2. The summed E-state index contributed by atoms with van der Waals surface area (Å²) in [6.07, 6.45) is 3.37. The van der Waals surface area contributed by atoms with Gasteiger partial charge < -0.3 is 10.5 Å². The van der Waals surface area contributed by atoms with Gasteiger partial charge in [0.25, 0.3) is 0 Å². The van der Waals surface area contributed by atoms with Crippen LogP contribution >= 0.6 is 15.9 Å². The van der Waals surface area contributed by atoms with Gasteiger partial charge in [-0.1, -0.05) is 34.1 Å². The standard InChI is InChI=1S/C17H18BrNO/c18-14-5-1-3-12(9-14)11-20-15-7-8-16-13(10-15)4-2-6-17(16)19/h1,3,5,7-10,17H,2,4,6,11,19H2. The van der Waals surface area contributed by atoms with E-state index in [1.165, 1.54) is 17.5 Å². The van der Waals surface area contributed by atoms with Gasteiger partial charge in [0.05, 0.1) is 0 Å². The summed E-state index contributed by atoms with van der Waals surface area (Å²) >= 11 is 3.47. The van der Waals surface area contributed by atoms with Crippen LogP contribution in [0.1, 0.15) is 35.6 Å². The molecule has 2 nitrogen and oxygen atoms in total. The van der Waals surface area contributed by atoms with Crippen molar-refractivity contribution in [3.8, 4) is 5.75 Å². The van der Waals surface area contributed by atoms with Gasteiger partial charge in [-0.25, -0.2) is 0 Å². The molecule has 0 bridgehead atoms. The highest BCUT2D eigenvalue weighted by Crippen LogP contribution is 2.30. The Hall–Kier alpha value is -1.32. The van der Waals surface area contributed by atoms with Gasteiger partial charge in [0, 0.05) is 10.5 Å². The van der Waals surface area contributed by atoms with Crippen LogP contribution in [-0.2, 0) is 13.0 Å². The van der Waals surface area contributed by atoms with E-state index in [9.17, 15) is 0 Å². The third kappa shape index (κ3) is 3.05. The van der Waals surface area contributed by atoms with Gasteiger partial charge in [-0.3, -0.25) is 0 Å². The molecule has 0 radical (unpaired) electrons. The van der Waals surface area contributed by atoms with Gasteiger partial charge in [-0.05, 0) is 60.2 Å². The van der Waals surface area contributed by atoms with E-state index in [2.05, 4.69) is 40.2 Å². The number of hydrogen-bond donors (Lipinski definition) is 1. The Bertz CT molecular complexity index is 612. The van der Waals surface area contributed by atoms with E-state index in [1.54, 1.807) is 0 Å². The second-order valence-electron chi connectivity index (χ2n) is 5.28. The number of benzene rings is 2. The largest absolute Gasteiger partial charge is 0.489 e. The maximum Gasteiger partial charge on any atom is 0.120 e. The predicted molar refractivity (Wildman–Crippen MR) is 84.8 cm³/mol. The molecule has 104 valence electrons. The topological polar surface area (TPSA) is 35.2 Å². The summed E-state index contributed by atoms with van der Waals surface area (Å²) in [5.74, 6) is 0.929. The van der Waals surface area contributed by atoms with E-state index in [-0.39, 0.29) is 6.04 Å². The predicted octanol–water partition coefficient (Wildman–Crippen LogP) is 4.36. The van der Waals surface area contributed by atoms with Crippen LogP contribution in [0.25, 0.3) is 0 Å². The minimum Gasteiger partial charge on any atom is -0.489 e. The molecule has 2 aromatic carbocycles. The Kier molecular flexibility index (Phi) is 4.08. The maximum atomic E-state index is 6.13. The first-order chi connectivity index (χ1) is 9.72. The molecule has 3 rings (SSSR count). The summed E-state index contributed by atoms with van der Waals surface area (Å²) < 4.78 is 6.97. The molecule has 0 aliphatic heterocycles. The molecule has 1 atom stereocenters. The molecule has 1 aliphatic carbocycles. The van der Waals surface area contributed by atoms with E-state index >= 15 is 0 Å². The van der Waals surface area contributed by atoms with Crippen LogP contribution in [0.15, 0.2) is 46.9 Å². The molecule has 1 aliphatic rings. The second-order valence-corrected chi connectivity index (χ2v) is 6.19. The molecule has 2 aromatic rings. The fourth-order valence-corrected chi connectivity index (χ4v) is 3.16. The monoisotopic (exact) mass is 331 g/mol. The lowest BCUT2D eigenvalue weighted by Gasteiger charge is -2.22. The Labute approximate surface area is 128 Å². The van der Waals surface area contributed by atoms with Crippen molar-refractivity contribution in [2.24, 2.45) is 5.73 Å². The number of aryl methyl sites for hydroxylation is 1. The zero-order chi connectivity index (χ0) is 13.9. The molecule has 20 heavy (non-hydrogen) atoms. The number of fused-ring (bicyclic) bond motifs is 1. The Balaban J connectivity index is 1.72. The number of rotatable bonds is 3. The molecule has 0 heterocycles. The van der Waals surface area contributed by atoms with Crippen molar-refractivity contribution in [2.75, 3.05) is 0 Å². The summed E-state index contributed by atoms with van der Waals surface area (Å²) in [5.41, 5.74) is 9.92. The molecule has 0 saturated heterocycles. The molecule has 1 unspecified atom stereocenters. The molecule has 0 saturated carbocycles. The van der Waals surface area contributed by atoms with Gasteiger partial charge in [0.1, 0.15) is 12.4 Å². The van der Waals surface area contributed by atoms with E-state index in [0.717, 1.165) is 28.6 Å². The third-order valence-corrected chi connectivity index (χ3v) is 4.26. The SMILES string of the molecule is NC1CCCc2cc(OCc3cccc(Br)c3)ccc21. The Morgan fingerprint density at radius 2 is 2.10 bits per heavy atom. The highest BCUT2D eigenvalue weighted by molar-refractivity contribution is 9.10. The summed E-state index contributed by atoms with van der Waals surface area (Å²) in [6, 6.07) is 14.7. The van der Waals surface area contributed by atoms with Gasteiger partial charge in [-0.2, -0.15) is 0 Å². The van der Waals surface area contributed by atoms with Crippen molar-refractivity contribution in [3.05, 3.63) is 63.6 Å². The highest BCUT2D eigenvalue weighted by atomic mass is 79.9. The van der Waals surface area contributed by atoms with Crippen LogP contribution in [0.3, 0.4) is 0 Å². The van der Waals surface area contributed by atoms with Crippen molar-refractivity contribution in [1.82, 2.24) is 0 Å². The lowest BCUT2D eigenvalue weighted by Crippen LogP contribution is -2.17. The Morgan fingerprint density at radius 1 is 1.20 bits per heavy atom. The zero-order valence-corrected chi connectivity index (χ0v) is 12.9. The lowest BCUT2D eigenvalue weighted by atomic mass is 9.88. The van der Waals surface area contributed by atoms with Crippen LogP contribution in [0.2, 0.25) is 0 Å². The molecular weight excluding hydrogens is 314 g/mol. The summed E-state index contributed by atoms with van der Waals surface area (Å²) in [4.78, 5) is 0. The van der Waals surface area contributed by atoms with E-state index in [0.29, 0.717) is 6.61 Å². The summed E-state index contributed by atoms with van der Waals surface area (Å²) in [6.45, 7) is 0.588. The fourth-order valence-electron chi connectivity index (χ4n) is 2.71. The van der Waals surface area contributed by atoms with Crippen LogP contribution in [0.5, 0.6) is 5.75 Å². The lowest BCUT2D eigenvalue weighted by molar-refractivity contribution is 0.305. The summed E-state index contributed by atoms with van der Waals surface area (Å²) in [7, 11) is 0. The average molecular weight is 332 g/mol. The van der Waals surface area contributed by atoms with E-state index in [4.69, 9.17) is 10.5 Å². The van der Waals surface area contributed by atoms with E-state index in [1.807, 2.05) is 18.2 Å². The highest BCUT2D eigenvalue weighted by Gasteiger charge is 2.16. The van der Waals surface area contributed by atoms with Gasteiger partial charge in [0.2, 0.25) is 0 Å². The molecular formula is C17H18BrNO. The van der Waals surface area contributed by atoms with Crippen molar-refractivity contribution >= 4 is 15.9 Å². The van der Waals surface area contributed by atoms with Crippen LogP contribution in [-0.4, -0.2) is 0 Å². The quantitative estimate of drug-likeness (QED) is 0.906. The van der Waals surface area contributed by atoms with E-state index < -0.39 is 0 Å². The zero-order valence-electron chi connectivity index (χ0n) is 11.3. The van der Waals surface area contributed by atoms with Crippen molar-refractivity contribution in [1.29, 1.82) is 0 Å². The average Bonchev–Trinajstić information content (AvgIpc) is 2.45. The first-order valence-electron chi connectivity index (χ1n) is 6.98. The van der Waals surface area contributed by atoms with Gasteiger partial charge in [0.15, 0.2) is 0 Å². The van der Waals surface area contributed by atoms with Gasteiger partial charge in [-0.15, -0.1) is 0 Å². The van der Waals surface area contributed by atoms with Crippen LogP contribution in [0, 0.1) is 0 Å². The fraction of sp³-hybridized carbons (Fsp3) is 0.294. The minimum absolute atomic E-state index is 0.192. The first kappa shape index (κ1) is 13.7. The second kappa shape index (κ2) is 5.98. The Morgan fingerprint density at radius 3 is 2.95 bits per heavy atom. The number of halogens is 1. The van der Waals surface area contributed by atoms with Gasteiger partial charge >= 0.3 is 0 Å². The summed E-state index contributed by atoms with van der Waals surface area (Å²) in [5, 5.41) is 0. The molecule has 0 spiro atoms. The van der Waals surface area contributed by atoms with Crippen LogP contribution < -0.4 is 10.5 Å². The molecule has 3 heteroatoms. The maximum absolute atomic E-state index is 6.13. The normalized spacial score (nSPS) is 17.6. The smallest absolute Gasteiger partial charge is 0.120 e. The molecule has 0 amide bonds. The molecule has 2 N–H and O–H groups in total. The third-order valence-electron chi connectivity index (χ3n) is 3.77. The minimum atomic E-state index is 0.192. The van der Waals surface area contributed by atoms with Crippen molar-refractivity contribution < 1.29 is 4.74 Å². The number of ether oxygens (including phenoxy) is 1. The van der Waals surface area contributed by atoms with Crippen molar-refractivity contribution in [2.45, 2.75) is 31.9 Å². The van der Waals surface area contributed by atoms with Crippen LogP contribution in [0.4, 0.5) is 0 Å². The molecule has 0 aromatic heterocycles. The van der Waals surface area contributed by atoms with Crippen molar-refractivity contribution in [3.63, 3.8) is 0 Å². The first-order valence-corrected chi connectivity index (χ1v) is 7.77. The number of nitrogens with two attached hydrogens (primary N) is 1. The molecule has 0 fully saturated rings.